The van der Waals surface area contributed by atoms with Crippen LogP contribution in [0.4, 0.5) is 14.5 Å². The van der Waals surface area contributed by atoms with Crippen molar-refractivity contribution in [2.24, 2.45) is 0 Å². The Kier molecular flexibility index (Phi) is 7.27. The molecular formula is C17H18F2N2OS2. The SMILES string of the molecule is COc1ccc(SCCCNC(=S)Nc2ccc(F)c(F)c2)cc1. The van der Waals surface area contributed by atoms with Gasteiger partial charge in [0.1, 0.15) is 5.75 Å². The second-order valence-corrected chi connectivity index (χ2v) is 6.46. The third-order valence-electron chi connectivity index (χ3n) is 3.11. The molecule has 0 aliphatic heterocycles. The summed E-state index contributed by atoms with van der Waals surface area (Å²) in [5.74, 6) is -0.00373. The fourth-order valence-corrected chi connectivity index (χ4v) is 2.96. The summed E-state index contributed by atoms with van der Waals surface area (Å²) in [7, 11) is 1.64. The lowest BCUT2D eigenvalue weighted by Crippen LogP contribution is -2.29. The monoisotopic (exact) mass is 368 g/mol. The number of halogens is 2. The molecule has 24 heavy (non-hydrogen) atoms. The quantitative estimate of drug-likeness (QED) is 0.429. The van der Waals surface area contributed by atoms with E-state index in [-0.39, 0.29) is 0 Å². The highest BCUT2D eigenvalue weighted by molar-refractivity contribution is 7.99. The molecule has 3 nitrogen and oxygen atoms in total. The van der Waals surface area contributed by atoms with E-state index in [1.807, 2.05) is 24.3 Å². The number of nitrogens with one attached hydrogen (secondary N) is 2. The summed E-state index contributed by atoms with van der Waals surface area (Å²) in [4.78, 5) is 1.18. The smallest absolute Gasteiger partial charge is 0.170 e. The van der Waals surface area contributed by atoms with Gasteiger partial charge in [-0.15, -0.1) is 11.8 Å². The molecule has 0 radical (unpaired) electrons. The molecule has 0 fully saturated rings. The van der Waals surface area contributed by atoms with Gasteiger partial charge in [-0.3, -0.25) is 0 Å². The van der Waals surface area contributed by atoms with Crippen molar-refractivity contribution in [2.75, 3.05) is 24.7 Å². The molecule has 0 aromatic heterocycles. The number of benzene rings is 2. The van der Waals surface area contributed by atoms with E-state index >= 15 is 0 Å². The van der Waals surface area contributed by atoms with E-state index < -0.39 is 11.6 Å². The van der Waals surface area contributed by atoms with Gasteiger partial charge < -0.3 is 15.4 Å². The fourth-order valence-electron chi connectivity index (χ4n) is 1.89. The number of ether oxygens (including phenoxy) is 1. The second-order valence-electron chi connectivity index (χ2n) is 4.89. The minimum absolute atomic E-state index is 0.385. The van der Waals surface area contributed by atoms with Crippen LogP contribution in [-0.4, -0.2) is 24.5 Å². The number of methoxy groups -OCH3 is 1. The van der Waals surface area contributed by atoms with Gasteiger partial charge in [-0.2, -0.15) is 0 Å². The van der Waals surface area contributed by atoms with Crippen LogP contribution in [0.15, 0.2) is 47.4 Å². The molecule has 2 aromatic rings. The van der Waals surface area contributed by atoms with Crippen molar-refractivity contribution in [1.82, 2.24) is 5.32 Å². The Labute approximate surface area is 149 Å². The van der Waals surface area contributed by atoms with Crippen molar-refractivity contribution >= 4 is 34.8 Å². The highest BCUT2D eigenvalue weighted by Gasteiger charge is 2.03. The number of thiocarbonyl (C=S) groups is 1. The first-order valence-corrected chi connectivity index (χ1v) is 8.74. The van der Waals surface area contributed by atoms with E-state index in [0.29, 0.717) is 17.3 Å². The third-order valence-corrected chi connectivity index (χ3v) is 4.46. The van der Waals surface area contributed by atoms with Gasteiger partial charge in [0.05, 0.1) is 7.11 Å². The minimum Gasteiger partial charge on any atom is -0.497 e. The van der Waals surface area contributed by atoms with Gasteiger partial charge in [-0.05, 0) is 60.8 Å². The maximum absolute atomic E-state index is 13.1. The number of rotatable bonds is 7. The predicted molar refractivity (Wildman–Crippen MR) is 98.9 cm³/mol. The van der Waals surface area contributed by atoms with Crippen LogP contribution in [0.1, 0.15) is 6.42 Å². The Morgan fingerprint density at radius 3 is 2.54 bits per heavy atom. The van der Waals surface area contributed by atoms with Gasteiger partial charge in [0, 0.05) is 23.2 Å². The topological polar surface area (TPSA) is 33.3 Å². The Hall–Kier alpha value is -1.86. The number of thioether (sulfide) groups is 1. The van der Waals surface area contributed by atoms with Gasteiger partial charge in [0.15, 0.2) is 16.7 Å². The zero-order valence-electron chi connectivity index (χ0n) is 13.1. The van der Waals surface area contributed by atoms with Crippen molar-refractivity contribution < 1.29 is 13.5 Å². The standard InChI is InChI=1S/C17H18F2N2OS2/c1-22-13-4-6-14(7-5-13)24-10-2-9-20-17(23)21-12-3-8-15(18)16(19)11-12/h3-8,11H,2,9-10H2,1H3,(H2,20,21,23). The predicted octanol–water partition coefficient (Wildman–Crippen LogP) is 4.44. The Morgan fingerprint density at radius 2 is 1.88 bits per heavy atom. The van der Waals surface area contributed by atoms with Crippen LogP contribution in [0.25, 0.3) is 0 Å². The summed E-state index contributed by atoms with van der Waals surface area (Å²) in [5.41, 5.74) is 0.416. The van der Waals surface area contributed by atoms with Gasteiger partial charge in [0.2, 0.25) is 0 Å². The number of hydrogen-bond acceptors (Lipinski definition) is 3. The maximum Gasteiger partial charge on any atom is 0.170 e. The molecule has 0 aliphatic rings. The maximum atomic E-state index is 13.1. The Bertz CT molecular complexity index is 681. The summed E-state index contributed by atoms with van der Waals surface area (Å²) in [6.45, 7) is 0.693. The summed E-state index contributed by atoms with van der Waals surface area (Å²) in [5, 5.41) is 6.25. The molecule has 2 rings (SSSR count). The largest absolute Gasteiger partial charge is 0.497 e. The van der Waals surface area contributed by atoms with Crippen molar-refractivity contribution in [1.29, 1.82) is 0 Å². The average Bonchev–Trinajstić information content (AvgIpc) is 2.58. The molecular weight excluding hydrogens is 350 g/mol. The Morgan fingerprint density at radius 1 is 1.12 bits per heavy atom. The van der Waals surface area contributed by atoms with Gasteiger partial charge in [-0.25, -0.2) is 8.78 Å². The van der Waals surface area contributed by atoms with Crippen LogP contribution in [-0.2, 0) is 0 Å². The lowest BCUT2D eigenvalue weighted by atomic mass is 10.3. The van der Waals surface area contributed by atoms with Gasteiger partial charge in [0.25, 0.3) is 0 Å². The van der Waals surface area contributed by atoms with Crippen molar-refractivity contribution in [2.45, 2.75) is 11.3 Å². The van der Waals surface area contributed by atoms with Crippen LogP contribution >= 0.6 is 24.0 Å². The summed E-state index contributed by atoms with van der Waals surface area (Å²) < 4.78 is 31.1. The first-order chi connectivity index (χ1) is 11.6. The van der Waals surface area contributed by atoms with E-state index in [4.69, 9.17) is 17.0 Å². The van der Waals surface area contributed by atoms with Gasteiger partial charge >= 0.3 is 0 Å². The highest BCUT2D eigenvalue weighted by Crippen LogP contribution is 2.21. The third kappa shape index (κ3) is 5.98. The number of anilines is 1. The molecule has 0 saturated heterocycles. The molecule has 0 heterocycles. The van der Waals surface area contributed by atoms with Crippen LogP contribution in [0, 0.1) is 11.6 Å². The molecule has 0 atom stereocenters. The van der Waals surface area contributed by atoms with Crippen LogP contribution < -0.4 is 15.4 Å². The molecule has 0 unspecified atom stereocenters. The Balaban J connectivity index is 1.64. The minimum atomic E-state index is -0.904. The van der Waals surface area contributed by atoms with Crippen LogP contribution in [0.2, 0.25) is 0 Å². The van der Waals surface area contributed by atoms with E-state index in [1.54, 1.807) is 18.9 Å². The van der Waals surface area contributed by atoms with E-state index in [1.165, 1.54) is 11.0 Å². The lowest BCUT2D eigenvalue weighted by Gasteiger charge is -2.10. The molecule has 0 spiro atoms. The first-order valence-electron chi connectivity index (χ1n) is 7.35. The molecule has 0 amide bonds. The molecule has 2 aromatic carbocycles. The van der Waals surface area contributed by atoms with E-state index in [2.05, 4.69) is 10.6 Å². The van der Waals surface area contributed by atoms with Crippen molar-refractivity contribution in [3.63, 3.8) is 0 Å². The lowest BCUT2D eigenvalue weighted by molar-refractivity contribution is 0.414. The summed E-state index contributed by atoms with van der Waals surface area (Å²) in [6, 6.07) is 11.5. The van der Waals surface area contributed by atoms with Crippen molar-refractivity contribution in [3.05, 3.63) is 54.1 Å². The number of hydrogen-bond donors (Lipinski definition) is 2. The zero-order chi connectivity index (χ0) is 17.4. The molecule has 7 heteroatoms. The first kappa shape index (κ1) is 18.5. The van der Waals surface area contributed by atoms with E-state index in [9.17, 15) is 8.78 Å². The molecule has 0 aliphatic carbocycles. The van der Waals surface area contributed by atoms with Gasteiger partial charge in [-0.1, -0.05) is 0 Å². The summed E-state index contributed by atoms with van der Waals surface area (Å²) >= 11 is 6.87. The summed E-state index contributed by atoms with van der Waals surface area (Å²) in [6.07, 6.45) is 0.913. The van der Waals surface area contributed by atoms with Crippen molar-refractivity contribution in [3.8, 4) is 5.75 Å². The van der Waals surface area contributed by atoms with Crippen LogP contribution in [0.5, 0.6) is 5.75 Å². The molecule has 128 valence electrons. The molecule has 2 N–H and O–H groups in total. The zero-order valence-corrected chi connectivity index (χ0v) is 14.8. The molecule has 0 bridgehead atoms. The second kappa shape index (κ2) is 9.44. The van der Waals surface area contributed by atoms with Crippen LogP contribution in [0.3, 0.4) is 0 Å². The highest BCUT2D eigenvalue weighted by atomic mass is 32.2. The molecule has 0 saturated carbocycles. The average molecular weight is 368 g/mol. The normalized spacial score (nSPS) is 10.3. The fraction of sp³-hybridized carbons (Fsp3) is 0.235. The van der Waals surface area contributed by atoms with E-state index in [0.717, 1.165) is 30.1 Å².